The summed E-state index contributed by atoms with van der Waals surface area (Å²) in [6, 6.07) is 0. The van der Waals surface area contributed by atoms with Crippen LogP contribution in [0.1, 0.15) is 123 Å². The number of aliphatic hydroxyl groups is 3. The van der Waals surface area contributed by atoms with Crippen LogP contribution in [0.15, 0.2) is 72.9 Å². The van der Waals surface area contributed by atoms with Crippen LogP contribution >= 0.6 is 0 Å². The Balaban J connectivity index is 2.56. The van der Waals surface area contributed by atoms with Gasteiger partial charge in [-0.3, -0.25) is 9.35 Å². The maximum absolute atomic E-state index is 12.8. The third kappa shape index (κ3) is 27.7. The third-order valence-corrected chi connectivity index (χ3v) is 9.05. The summed E-state index contributed by atoms with van der Waals surface area (Å²) in [5, 5.41) is 30.5. The first-order chi connectivity index (χ1) is 26.6. The van der Waals surface area contributed by atoms with E-state index in [4.69, 9.17) is 23.5 Å². The second kappa shape index (κ2) is 33.7. The Hall–Kier alpha value is -2.46. The Morgan fingerprint density at radius 2 is 1.25 bits per heavy atom. The molecule has 0 amide bonds. The van der Waals surface area contributed by atoms with Gasteiger partial charge in [0.1, 0.15) is 30.5 Å². The van der Waals surface area contributed by atoms with E-state index in [2.05, 4.69) is 78.8 Å². The molecule has 0 spiro atoms. The zero-order valence-electron chi connectivity index (χ0n) is 33.2. The Morgan fingerprint density at radius 1 is 0.709 bits per heavy atom. The molecule has 1 heterocycles. The van der Waals surface area contributed by atoms with Gasteiger partial charge in [0.25, 0.3) is 0 Å². The van der Waals surface area contributed by atoms with Crippen LogP contribution in [-0.2, 0) is 38.3 Å². The minimum absolute atomic E-state index is 0.0256. The SMILES string of the molecule is CC/C=C\C/C=C\C/C=C\C/C=C\C/C=C\CCOCC(COC1OC(CO)C(O)C(OS(=O)(=O)O)C1O)OC(=O)CCCCCCC/C=C\CCCCC. The predicted molar refractivity (Wildman–Crippen MR) is 216 cm³/mol. The fourth-order valence-corrected chi connectivity index (χ4v) is 6.06. The van der Waals surface area contributed by atoms with Crippen molar-refractivity contribution in [2.45, 2.75) is 160 Å². The first-order valence-electron chi connectivity index (χ1n) is 20.2. The fourth-order valence-electron chi connectivity index (χ4n) is 5.55. The summed E-state index contributed by atoms with van der Waals surface area (Å²) in [5.41, 5.74) is 0. The molecule has 55 heavy (non-hydrogen) atoms. The van der Waals surface area contributed by atoms with Crippen molar-refractivity contribution in [3.05, 3.63) is 72.9 Å². The monoisotopic (exact) mass is 798 g/mol. The van der Waals surface area contributed by atoms with E-state index in [0.29, 0.717) is 19.4 Å². The van der Waals surface area contributed by atoms with E-state index in [9.17, 15) is 28.5 Å². The van der Waals surface area contributed by atoms with E-state index >= 15 is 0 Å². The quantitative estimate of drug-likeness (QED) is 0.0222. The van der Waals surface area contributed by atoms with Gasteiger partial charge in [-0.15, -0.1) is 0 Å². The van der Waals surface area contributed by atoms with Crippen molar-refractivity contribution in [1.29, 1.82) is 0 Å². The molecular weight excluding hydrogens is 729 g/mol. The summed E-state index contributed by atoms with van der Waals surface area (Å²) in [5.74, 6) is -0.439. The van der Waals surface area contributed by atoms with E-state index in [1.165, 1.54) is 19.3 Å². The molecule has 1 aliphatic rings. The fraction of sp³-hybridized carbons (Fsp3) is 0.690. The van der Waals surface area contributed by atoms with Crippen molar-refractivity contribution in [3.63, 3.8) is 0 Å². The number of esters is 1. The molecule has 0 saturated carbocycles. The minimum Gasteiger partial charge on any atom is -0.457 e. The molecule has 0 aliphatic carbocycles. The van der Waals surface area contributed by atoms with E-state index in [0.717, 1.165) is 70.6 Å². The highest BCUT2D eigenvalue weighted by Crippen LogP contribution is 2.26. The van der Waals surface area contributed by atoms with Gasteiger partial charge >= 0.3 is 16.4 Å². The molecule has 316 valence electrons. The van der Waals surface area contributed by atoms with Gasteiger partial charge in [-0.25, -0.2) is 4.18 Å². The lowest BCUT2D eigenvalue weighted by Gasteiger charge is -2.41. The molecule has 0 aromatic rings. The Kier molecular flexibility index (Phi) is 30.9. The van der Waals surface area contributed by atoms with Crippen LogP contribution in [0.2, 0.25) is 0 Å². The van der Waals surface area contributed by atoms with E-state index in [1.54, 1.807) is 0 Å². The molecule has 6 atom stereocenters. The maximum Gasteiger partial charge on any atom is 0.397 e. The molecule has 6 unspecified atom stereocenters. The van der Waals surface area contributed by atoms with Crippen LogP contribution in [0.25, 0.3) is 0 Å². The lowest BCUT2D eigenvalue weighted by Crippen LogP contribution is -2.60. The number of rotatable bonds is 33. The van der Waals surface area contributed by atoms with Crippen molar-refractivity contribution in [1.82, 2.24) is 0 Å². The summed E-state index contributed by atoms with van der Waals surface area (Å²) >= 11 is 0. The molecule has 4 N–H and O–H groups in total. The van der Waals surface area contributed by atoms with Crippen molar-refractivity contribution in [2.75, 3.05) is 26.4 Å². The number of carbonyl (C=O) groups excluding carboxylic acids is 1. The van der Waals surface area contributed by atoms with Crippen LogP contribution in [-0.4, -0.2) is 97.5 Å². The minimum atomic E-state index is -5.07. The molecule has 0 aromatic heterocycles. The van der Waals surface area contributed by atoms with Crippen LogP contribution in [0.3, 0.4) is 0 Å². The van der Waals surface area contributed by atoms with Gasteiger partial charge in [0.15, 0.2) is 6.29 Å². The Labute approximate surface area is 331 Å². The van der Waals surface area contributed by atoms with E-state index in [1.807, 2.05) is 12.2 Å². The topological polar surface area (TPSA) is 178 Å². The number of hydrogen-bond donors (Lipinski definition) is 4. The predicted octanol–water partition coefficient (Wildman–Crippen LogP) is 7.57. The molecule has 0 bridgehead atoms. The molecule has 12 nitrogen and oxygen atoms in total. The zero-order valence-corrected chi connectivity index (χ0v) is 34.0. The van der Waals surface area contributed by atoms with Crippen LogP contribution in [0.4, 0.5) is 0 Å². The molecule has 0 radical (unpaired) electrons. The molecular formula is C42H70O12S. The van der Waals surface area contributed by atoms with Crippen molar-refractivity contribution in [3.8, 4) is 0 Å². The lowest BCUT2D eigenvalue weighted by molar-refractivity contribution is -0.301. The van der Waals surface area contributed by atoms with Gasteiger partial charge < -0.3 is 34.3 Å². The smallest absolute Gasteiger partial charge is 0.397 e. The first-order valence-corrected chi connectivity index (χ1v) is 21.6. The van der Waals surface area contributed by atoms with Gasteiger partial charge in [-0.2, -0.15) is 8.42 Å². The summed E-state index contributed by atoms with van der Waals surface area (Å²) < 4.78 is 58.7. The summed E-state index contributed by atoms with van der Waals surface area (Å²) in [6.07, 6.45) is 32.5. The molecule has 1 saturated heterocycles. The number of carbonyl (C=O) groups is 1. The number of ether oxygens (including phenoxy) is 4. The molecule has 1 fully saturated rings. The highest BCUT2D eigenvalue weighted by molar-refractivity contribution is 7.80. The number of aliphatic hydroxyl groups excluding tert-OH is 3. The first kappa shape index (κ1) is 50.6. The van der Waals surface area contributed by atoms with Gasteiger partial charge in [0, 0.05) is 6.42 Å². The van der Waals surface area contributed by atoms with E-state index in [-0.39, 0.29) is 19.6 Å². The summed E-state index contributed by atoms with van der Waals surface area (Å²) in [4.78, 5) is 12.8. The van der Waals surface area contributed by atoms with Crippen LogP contribution in [0, 0.1) is 0 Å². The Morgan fingerprint density at radius 3 is 1.84 bits per heavy atom. The average molecular weight is 799 g/mol. The molecule has 0 aromatic carbocycles. The largest absolute Gasteiger partial charge is 0.457 e. The Bertz CT molecular complexity index is 1240. The summed E-state index contributed by atoms with van der Waals surface area (Å²) in [6.45, 7) is 3.58. The highest BCUT2D eigenvalue weighted by Gasteiger charge is 2.48. The van der Waals surface area contributed by atoms with Gasteiger partial charge in [0.05, 0.1) is 26.4 Å². The number of unbranched alkanes of at least 4 members (excludes halogenated alkanes) is 8. The zero-order chi connectivity index (χ0) is 40.4. The van der Waals surface area contributed by atoms with Crippen LogP contribution < -0.4 is 0 Å². The van der Waals surface area contributed by atoms with Crippen LogP contribution in [0.5, 0.6) is 0 Å². The maximum atomic E-state index is 12.8. The van der Waals surface area contributed by atoms with Gasteiger partial charge in [-0.1, -0.05) is 119 Å². The third-order valence-electron chi connectivity index (χ3n) is 8.58. The standard InChI is InChI=1S/C42H70O12S/c1-3-5-7-9-11-13-15-17-18-19-20-22-24-26-28-30-32-50-34-36(52-38(44)31-29-27-25-23-21-16-14-12-10-8-6-4-2)35-51-42-40(46)41(54-55(47,48)49)39(45)37(33-43)53-42/h5,7,11-14,17-18,20,22,26,28,36-37,39-43,45-46H,3-4,6,8-10,15-16,19,21,23-25,27,29-35H2,1-2H3,(H,47,48,49)/b7-5-,13-11-,14-12-,18-17-,22-20-,28-26-. The average Bonchev–Trinajstić information content (AvgIpc) is 3.15. The second-order valence-electron chi connectivity index (χ2n) is 13.5. The molecule has 13 heteroatoms. The second-order valence-corrected chi connectivity index (χ2v) is 14.5. The lowest BCUT2D eigenvalue weighted by atomic mass is 9.99. The highest BCUT2D eigenvalue weighted by atomic mass is 32.3. The van der Waals surface area contributed by atoms with Crippen molar-refractivity contribution < 1.29 is 56.2 Å². The molecule has 1 rings (SSSR count). The molecule has 1 aliphatic heterocycles. The number of hydrogen-bond acceptors (Lipinski definition) is 11. The van der Waals surface area contributed by atoms with Crippen molar-refractivity contribution in [2.24, 2.45) is 0 Å². The summed E-state index contributed by atoms with van der Waals surface area (Å²) in [7, 11) is -5.07. The number of allylic oxidation sites excluding steroid dienone is 11. The normalized spacial score (nSPS) is 21.7. The van der Waals surface area contributed by atoms with Crippen molar-refractivity contribution >= 4 is 16.4 Å². The van der Waals surface area contributed by atoms with E-state index < -0.39 is 59.8 Å². The van der Waals surface area contributed by atoms with Gasteiger partial charge in [0.2, 0.25) is 0 Å². The van der Waals surface area contributed by atoms with Gasteiger partial charge in [-0.05, 0) is 70.6 Å².